The Bertz CT molecular complexity index is 821. The Morgan fingerprint density at radius 3 is 2.78 bits per heavy atom. The Kier molecular flexibility index (Phi) is 4.42. The lowest BCUT2D eigenvalue weighted by atomic mass is 9.84. The SMILES string of the molecule is C=CCC1(CC(=C)C)OC(N2CCC3(CC2)OCc2ccccc23)=NC1=O. The maximum Gasteiger partial charge on any atom is 0.296 e. The zero-order chi connectivity index (χ0) is 19.1. The van der Waals surface area contributed by atoms with Gasteiger partial charge in [-0.2, -0.15) is 4.99 Å². The van der Waals surface area contributed by atoms with Crippen molar-refractivity contribution in [2.45, 2.75) is 50.4 Å². The molecule has 142 valence electrons. The number of piperidine rings is 1. The third kappa shape index (κ3) is 3.00. The Hall–Kier alpha value is -2.40. The van der Waals surface area contributed by atoms with E-state index in [0.717, 1.165) is 31.5 Å². The van der Waals surface area contributed by atoms with Crippen LogP contribution in [0.3, 0.4) is 0 Å². The molecule has 27 heavy (non-hydrogen) atoms. The number of amides is 1. The molecule has 1 aromatic carbocycles. The highest BCUT2D eigenvalue weighted by molar-refractivity contribution is 6.01. The number of ether oxygens (including phenoxy) is 2. The molecule has 0 saturated carbocycles. The van der Waals surface area contributed by atoms with E-state index in [4.69, 9.17) is 9.47 Å². The third-order valence-electron chi connectivity index (χ3n) is 5.79. The Morgan fingerprint density at radius 1 is 1.33 bits per heavy atom. The van der Waals surface area contributed by atoms with E-state index >= 15 is 0 Å². The van der Waals surface area contributed by atoms with Gasteiger partial charge in [-0.25, -0.2) is 0 Å². The van der Waals surface area contributed by atoms with Crippen molar-refractivity contribution in [2.24, 2.45) is 4.99 Å². The van der Waals surface area contributed by atoms with Gasteiger partial charge in [0.05, 0.1) is 12.2 Å². The second-order valence-corrected chi connectivity index (χ2v) is 7.85. The first-order valence-electron chi connectivity index (χ1n) is 9.53. The molecule has 1 aromatic rings. The van der Waals surface area contributed by atoms with E-state index in [-0.39, 0.29) is 11.5 Å². The molecule has 3 aliphatic heterocycles. The van der Waals surface area contributed by atoms with Gasteiger partial charge in [0.1, 0.15) is 0 Å². The van der Waals surface area contributed by atoms with E-state index in [9.17, 15) is 4.79 Å². The number of amidine groups is 1. The minimum atomic E-state index is -0.978. The molecule has 1 spiro atoms. The van der Waals surface area contributed by atoms with Crippen LogP contribution in [-0.4, -0.2) is 35.5 Å². The number of hydrogen-bond acceptors (Lipinski definition) is 4. The Morgan fingerprint density at radius 2 is 2.07 bits per heavy atom. The number of carbonyl (C=O) groups is 1. The summed E-state index contributed by atoms with van der Waals surface area (Å²) < 4.78 is 12.3. The summed E-state index contributed by atoms with van der Waals surface area (Å²) in [5, 5.41) is 0. The summed E-state index contributed by atoms with van der Waals surface area (Å²) in [6.07, 6.45) is 4.32. The zero-order valence-corrected chi connectivity index (χ0v) is 15.9. The number of carbonyl (C=O) groups excluding carboxylic acids is 1. The van der Waals surface area contributed by atoms with Crippen LogP contribution in [-0.2, 0) is 26.5 Å². The summed E-state index contributed by atoms with van der Waals surface area (Å²) in [6.45, 7) is 11.8. The van der Waals surface area contributed by atoms with Crippen molar-refractivity contribution in [2.75, 3.05) is 13.1 Å². The van der Waals surface area contributed by atoms with Crippen LogP contribution in [0.5, 0.6) is 0 Å². The minimum Gasteiger partial charge on any atom is -0.447 e. The van der Waals surface area contributed by atoms with Gasteiger partial charge in [0, 0.05) is 25.9 Å². The van der Waals surface area contributed by atoms with Gasteiger partial charge < -0.3 is 14.4 Å². The summed E-state index contributed by atoms with van der Waals surface area (Å²) in [5.41, 5.74) is 2.29. The first-order valence-corrected chi connectivity index (χ1v) is 9.53. The molecule has 1 atom stereocenters. The van der Waals surface area contributed by atoms with Crippen molar-refractivity contribution >= 4 is 11.9 Å². The predicted molar refractivity (Wildman–Crippen MR) is 104 cm³/mol. The third-order valence-corrected chi connectivity index (χ3v) is 5.79. The van der Waals surface area contributed by atoms with Crippen LogP contribution in [0.1, 0.15) is 43.7 Å². The van der Waals surface area contributed by atoms with Crippen molar-refractivity contribution in [1.82, 2.24) is 4.90 Å². The van der Waals surface area contributed by atoms with E-state index in [1.165, 1.54) is 11.1 Å². The largest absolute Gasteiger partial charge is 0.447 e. The van der Waals surface area contributed by atoms with E-state index in [2.05, 4.69) is 47.3 Å². The van der Waals surface area contributed by atoms with Crippen LogP contribution < -0.4 is 0 Å². The average molecular weight is 366 g/mol. The van der Waals surface area contributed by atoms with Crippen LogP contribution in [0.4, 0.5) is 0 Å². The lowest BCUT2D eigenvalue weighted by Crippen LogP contribution is -2.47. The fourth-order valence-corrected chi connectivity index (χ4v) is 4.46. The molecule has 1 saturated heterocycles. The number of fused-ring (bicyclic) bond motifs is 2. The summed E-state index contributed by atoms with van der Waals surface area (Å²) in [4.78, 5) is 19.0. The lowest BCUT2D eigenvalue weighted by molar-refractivity contribution is -0.131. The molecule has 0 aliphatic carbocycles. The number of benzene rings is 1. The molecular formula is C22H26N2O3. The van der Waals surface area contributed by atoms with Crippen LogP contribution in [0.15, 0.2) is 54.1 Å². The molecule has 4 rings (SSSR count). The smallest absolute Gasteiger partial charge is 0.296 e. The summed E-state index contributed by atoms with van der Waals surface area (Å²) in [6, 6.07) is 8.88. The highest BCUT2D eigenvalue weighted by Crippen LogP contribution is 2.44. The van der Waals surface area contributed by atoms with Gasteiger partial charge in [-0.05, 0) is 30.9 Å². The first-order chi connectivity index (χ1) is 13.0. The van der Waals surface area contributed by atoms with E-state index in [1.54, 1.807) is 6.08 Å². The van der Waals surface area contributed by atoms with Gasteiger partial charge in [0.2, 0.25) is 0 Å². The van der Waals surface area contributed by atoms with Gasteiger partial charge >= 0.3 is 0 Å². The maximum absolute atomic E-state index is 12.6. The first kappa shape index (κ1) is 18.0. The van der Waals surface area contributed by atoms with Crippen LogP contribution in [0.25, 0.3) is 0 Å². The lowest BCUT2D eigenvalue weighted by Gasteiger charge is -2.40. The normalized spacial score (nSPS) is 25.9. The second kappa shape index (κ2) is 6.64. The van der Waals surface area contributed by atoms with Crippen LogP contribution in [0, 0.1) is 0 Å². The average Bonchev–Trinajstić information content (AvgIpc) is 3.15. The van der Waals surface area contributed by atoms with Crippen LogP contribution in [0.2, 0.25) is 0 Å². The number of hydrogen-bond donors (Lipinski definition) is 0. The molecule has 3 aliphatic rings. The summed E-state index contributed by atoms with van der Waals surface area (Å²) in [5.74, 6) is -0.233. The van der Waals surface area contributed by atoms with Gasteiger partial charge in [0.25, 0.3) is 11.9 Å². The van der Waals surface area contributed by atoms with Gasteiger partial charge in [-0.15, -0.1) is 6.58 Å². The summed E-state index contributed by atoms with van der Waals surface area (Å²) >= 11 is 0. The molecule has 0 aromatic heterocycles. The van der Waals surface area contributed by atoms with Crippen molar-refractivity contribution in [3.63, 3.8) is 0 Å². The fraction of sp³-hybridized carbons (Fsp3) is 0.455. The highest BCUT2D eigenvalue weighted by Gasteiger charge is 2.49. The van der Waals surface area contributed by atoms with E-state index in [1.807, 2.05) is 6.92 Å². The molecule has 0 N–H and O–H groups in total. The molecule has 5 nitrogen and oxygen atoms in total. The van der Waals surface area contributed by atoms with E-state index < -0.39 is 5.60 Å². The Labute approximate surface area is 160 Å². The quantitative estimate of drug-likeness (QED) is 0.763. The highest BCUT2D eigenvalue weighted by atomic mass is 16.5. The molecule has 0 bridgehead atoms. The monoisotopic (exact) mass is 366 g/mol. The minimum absolute atomic E-state index is 0.216. The molecule has 3 heterocycles. The van der Waals surface area contributed by atoms with Crippen molar-refractivity contribution in [1.29, 1.82) is 0 Å². The zero-order valence-electron chi connectivity index (χ0n) is 15.9. The number of nitrogens with zero attached hydrogens (tertiary/aromatic N) is 2. The van der Waals surface area contributed by atoms with Crippen molar-refractivity contribution < 1.29 is 14.3 Å². The van der Waals surface area contributed by atoms with Crippen molar-refractivity contribution in [3.05, 3.63) is 60.2 Å². The molecular weight excluding hydrogens is 340 g/mol. The standard InChI is InChI=1S/C22H26N2O3/c1-4-9-22(14-16(2)3)19(25)23-20(27-22)24-12-10-21(11-13-24)18-8-6-5-7-17(18)15-26-21/h4-8H,1-2,9-15H2,3H3. The number of rotatable bonds is 4. The molecule has 5 heteroatoms. The number of aliphatic imine (C=N–C) groups is 1. The van der Waals surface area contributed by atoms with E-state index in [0.29, 0.717) is 25.5 Å². The molecule has 1 amide bonds. The van der Waals surface area contributed by atoms with Crippen molar-refractivity contribution in [3.8, 4) is 0 Å². The topological polar surface area (TPSA) is 51.1 Å². The summed E-state index contributed by atoms with van der Waals surface area (Å²) in [7, 11) is 0. The van der Waals surface area contributed by atoms with Crippen LogP contribution >= 0.6 is 0 Å². The molecule has 1 fully saturated rings. The fourth-order valence-electron chi connectivity index (χ4n) is 4.46. The molecule has 0 radical (unpaired) electrons. The second-order valence-electron chi connectivity index (χ2n) is 7.85. The van der Waals surface area contributed by atoms with Gasteiger partial charge in [0.15, 0.2) is 5.60 Å². The molecule has 1 unspecified atom stereocenters. The number of likely N-dealkylation sites (tertiary alicyclic amines) is 1. The maximum atomic E-state index is 12.6. The van der Waals surface area contributed by atoms with Gasteiger partial charge in [-0.3, -0.25) is 4.79 Å². The Balaban J connectivity index is 1.48. The predicted octanol–water partition coefficient (Wildman–Crippen LogP) is 3.70. The van der Waals surface area contributed by atoms with Gasteiger partial charge in [-0.1, -0.05) is 42.5 Å².